The fourth-order valence-electron chi connectivity index (χ4n) is 3.86. The Hall–Kier alpha value is -4.66. The SMILES string of the molecule is C=CC(=O)Nc1cc(Nc2ncc(Cl)c(-n3cnc4ccc(C#N)cc43)n2)c(OC)cc1N(C)CCN(C)C. The van der Waals surface area contributed by atoms with Crippen LogP contribution in [0.3, 0.4) is 0 Å². The number of aromatic nitrogens is 4. The molecule has 0 fully saturated rings. The van der Waals surface area contributed by atoms with E-state index in [1.165, 1.54) is 12.3 Å². The van der Waals surface area contributed by atoms with Crippen molar-refractivity contribution in [1.82, 2.24) is 24.4 Å². The Labute approximate surface area is 231 Å². The van der Waals surface area contributed by atoms with Crippen LogP contribution in [0.15, 0.2) is 55.5 Å². The van der Waals surface area contributed by atoms with E-state index in [0.717, 1.165) is 18.8 Å². The van der Waals surface area contributed by atoms with Crippen molar-refractivity contribution in [1.29, 1.82) is 5.26 Å². The molecule has 0 unspecified atom stereocenters. The minimum Gasteiger partial charge on any atom is -0.494 e. The highest BCUT2D eigenvalue weighted by Gasteiger charge is 2.18. The first-order valence-electron chi connectivity index (χ1n) is 11.9. The van der Waals surface area contributed by atoms with Gasteiger partial charge in [0.05, 0.1) is 53.0 Å². The first-order chi connectivity index (χ1) is 18.7. The number of rotatable bonds is 10. The van der Waals surface area contributed by atoms with E-state index in [-0.39, 0.29) is 11.9 Å². The first kappa shape index (κ1) is 27.4. The Bertz CT molecular complexity index is 1580. The number of methoxy groups -OCH3 is 1. The lowest BCUT2D eigenvalue weighted by molar-refractivity contribution is -0.111. The summed E-state index contributed by atoms with van der Waals surface area (Å²) in [5.74, 6) is 0.791. The zero-order valence-corrected chi connectivity index (χ0v) is 22.8. The summed E-state index contributed by atoms with van der Waals surface area (Å²) in [5.41, 5.74) is 3.71. The van der Waals surface area contributed by atoms with Gasteiger partial charge in [-0.2, -0.15) is 10.2 Å². The molecular weight excluding hydrogens is 518 g/mol. The number of fused-ring (bicyclic) bond motifs is 1. The molecule has 11 nitrogen and oxygen atoms in total. The first-order valence-corrected chi connectivity index (χ1v) is 12.3. The predicted molar refractivity (Wildman–Crippen MR) is 153 cm³/mol. The molecule has 0 spiro atoms. The van der Waals surface area contributed by atoms with Crippen molar-refractivity contribution < 1.29 is 9.53 Å². The largest absolute Gasteiger partial charge is 0.494 e. The number of carbonyl (C=O) groups excluding carboxylic acids is 1. The maximum absolute atomic E-state index is 12.2. The van der Waals surface area contributed by atoms with Crippen molar-refractivity contribution in [2.75, 3.05) is 56.9 Å². The van der Waals surface area contributed by atoms with E-state index in [4.69, 9.17) is 16.3 Å². The minimum atomic E-state index is -0.345. The summed E-state index contributed by atoms with van der Waals surface area (Å²) >= 11 is 6.47. The van der Waals surface area contributed by atoms with E-state index in [1.807, 2.05) is 32.1 Å². The molecule has 0 aliphatic rings. The van der Waals surface area contributed by atoms with Gasteiger partial charge in [0.15, 0.2) is 5.82 Å². The number of hydrogen-bond donors (Lipinski definition) is 2. The predicted octanol–water partition coefficient (Wildman–Crippen LogP) is 4.22. The van der Waals surface area contributed by atoms with Gasteiger partial charge in [-0.05, 0) is 44.4 Å². The number of anilines is 4. The van der Waals surface area contributed by atoms with Crippen LogP contribution in [0.2, 0.25) is 5.02 Å². The Kier molecular flexibility index (Phi) is 8.29. The number of nitrogens with one attached hydrogen (secondary N) is 2. The van der Waals surface area contributed by atoms with E-state index < -0.39 is 0 Å². The number of ether oxygens (including phenoxy) is 1. The molecular formula is C27H28ClN9O2. The number of nitriles is 1. The fourth-order valence-corrected chi connectivity index (χ4v) is 4.04. The molecule has 0 bridgehead atoms. The summed E-state index contributed by atoms with van der Waals surface area (Å²) in [5, 5.41) is 15.7. The van der Waals surface area contributed by atoms with Gasteiger partial charge in [0.25, 0.3) is 0 Å². The van der Waals surface area contributed by atoms with Gasteiger partial charge in [-0.15, -0.1) is 0 Å². The lowest BCUT2D eigenvalue weighted by atomic mass is 10.2. The van der Waals surface area contributed by atoms with Crippen LogP contribution in [0, 0.1) is 11.3 Å². The molecule has 2 aromatic carbocycles. The highest BCUT2D eigenvalue weighted by atomic mass is 35.5. The quantitative estimate of drug-likeness (QED) is 0.282. The summed E-state index contributed by atoms with van der Waals surface area (Å²) in [6, 6.07) is 10.9. The van der Waals surface area contributed by atoms with Gasteiger partial charge in [-0.3, -0.25) is 9.36 Å². The summed E-state index contributed by atoms with van der Waals surface area (Å²) in [4.78, 5) is 29.7. The van der Waals surface area contributed by atoms with Gasteiger partial charge in [-0.1, -0.05) is 18.2 Å². The Balaban J connectivity index is 1.74. The average Bonchev–Trinajstić information content (AvgIpc) is 3.35. The highest BCUT2D eigenvalue weighted by molar-refractivity contribution is 6.32. The lowest BCUT2D eigenvalue weighted by Gasteiger charge is -2.26. The number of halogens is 1. The van der Waals surface area contributed by atoms with Gasteiger partial charge in [0.1, 0.15) is 17.1 Å². The molecule has 0 aliphatic heterocycles. The smallest absolute Gasteiger partial charge is 0.247 e. The van der Waals surface area contributed by atoms with Crippen LogP contribution in [0.1, 0.15) is 5.56 Å². The number of nitrogens with zero attached hydrogens (tertiary/aromatic N) is 7. The summed E-state index contributed by atoms with van der Waals surface area (Å²) < 4.78 is 7.37. The normalized spacial score (nSPS) is 10.8. The molecule has 0 radical (unpaired) electrons. The van der Waals surface area contributed by atoms with Crippen LogP contribution in [0.4, 0.5) is 23.0 Å². The van der Waals surface area contributed by atoms with E-state index >= 15 is 0 Å². The lowest BCUT2D eigenvalue weighted by Crippen LogP contribution is -2.29. The molecule has 4 rings (SSSR count). The molecule has 1 amide bonds. The molecule has 2 aromatic heterocycles. The summed E-state index contributed by atoms with van der Waals surface area (Å²) in [6.45, 7) is 5.09. The van der Waals surface area contributed by atoms with Crippen molar-refractivity contribution in [3.63, 3.8) is 0 Å². The standard InChI is InChI=1S/C27H28ClN9O2/c1-6-25(38)32-20-12-21(24(39-5)13-22(20)36(4)10-9-35(2)3)33-27-30-15-18(28)26(34-27)37-16-31-19-8-7-17(14-29)11-23(19)37/h6-8,11-13,15-16H,1,9-10H2,2-5H3,(H,32,38)(H,30,33,34). The van der Waals surface area contributed by atoms with Crippen molar-refractivity contribution in [2.45, 2.75) is 0 Å². The van der Waals surface area contributed by atoms with Crippen molar-refractivity contribution >= 4 is 51.6 Å². The summed E-state index contributed by atoms with van der Waals surface area (Å²) in [6.07, 6.45) is 4.27. The molecule has 0 saturated carbocycles. The second-order valence-electron chi connectivity index (χ2n) is 8.91. The Morgan fingerprint density at radius 2 is 2.00 bits per heavy atom. The zero-order chi connectivity index (χ0) is 28.1. The van der Waals surface area contributed by atoms with Crippen LogP contribution in [0.25, 0.3) is 16.9 Å². The number of carbonyl (C=O) groups is 1. The molecule has 4 aromatic rings. The average molecular weight is 546 g/mol. The number of likely N-dealkylation sites (N-methyl/N-ethyl adjacent to an activating group) is 2. The number of hydrogen-bond acceptors (Lipinski definition) is 9. The van der Waals surface area contributed by atoms with E-state index in [1.54, 1.807) is 42.3 Å². The van der Waals surface area contributed by atoms with Gasteiger partial charge >= 0.3 is 0 Å². The molecule has 0 atom stereocenters. The van der Waals surface area contributed by atoms with Crippen molar-refractivity contribution in [3.05, 3.63) is 66.1 Å². The molecule has 0 saturated heterocycles. The van der Waals surface area contributed by atoms with Crippen LogP contribution in [0.5, 0.6) is 5.75 Å². The third-order valence-corrected chi connectivity index (χ3v) is 6.20. The topological polar surface area (TPSA) is 124 Å². The molecule has 12 heteroatoms. The third-order valence-electron chi connectivity index (χ3n) is 5.93. The van der Waals surface area contributed by atoms with Crippen molar-refractivity contribution in [3.8, 4) is 17.6 Å². The minimum absolute atomic E-state index is 0.237. The van der Waals surface area contributed by atoms with Crippen LogP contribution >= 0.6 is 11.6 Å². The number of amides is 1. The van der Waals surface area contributed by atoms with Gasteiger partial charge in [0.2, 0.25) is 11.9 Å². The van der Waals surface area contributed by atoms with Crippen molar-refractivity contribution in [2.24, 2.45) is 0 Å². The molecule has 2 N–H and O–H groups in total. The molecule has 200 valence electrons. The second kappa shape index (κ2) is 11.8. The van der Waals surface area contributed by atoms with E-state index in [0.29, 0.717) is 44.6 Å². The second-order valence-corrected chi connectivity index (χ2v) is 9.32. The van der Waals surface area contributed by atoms with Crippen LogP contribution < -0.4 is 20.3 Å². The van der Waals surface area contributed by atoms with Crippen LogP contribution in [-0.2, 0) is 4.79 Å². The zero-order valence-electron chi connectivity index (χ0n) is 22.1. The molecule has 0 aliphatic carbocycles. The molecule has 39 heavy (non-hydrogen) atoms. The number of benzene rings is 2. The molecule has 2 heterocycles. The Morgan fingerprint density at radius 3 is 2.69 bits per heavy atom. The summed E-state index contributed by atoms with van der Waals surface area (Å²) in [7, 11) is 7.50. The van der Waals surface area contributed by atoms with E-state index in [9.17, 15) is 10.1 Å². The fraction of sp³-hybridized carbons (Fsp3) is 0.222. The maximum atomic E-state index is 12.2. The Morgan fingerprint density at radius 1 is 1.21 bits per heavy atom. The van der Waals surface area contributed by atoms with Gasteiger partial charge in [-0.25, -0.2) is 9.97 Å². The third kappa shape index (κ3) is 6.09. The van der Waals surface area contributed by atoms with Gasteiger partial charge < -0.3 is 25.2 Å². The highest BCUT2D eigenvalue weighted by Crippen LogP contribution is 2.38. The van der Waals surface area contributed by atoms with Crippen LogP contribution in [-0.4, -0.2) is 71.7 Å². The monoisotopic (exact) mass is 545 g/mol. The van der Waals surface area contributed by atoms with E-state index in [2.05, 4.69) is 43.1 Å². The van der Waals surface area contributed by atoms with Gasteiger partial charge in [0, 0.05) is 26.2 Å². The maximum Gasteiger partial charge on any atom is 0.247 e. The number of imidazole rings is 1.